The molecule has 1 amide bonds. The smallest absolute Gasteiger partial charge is 0.247 e. The average molecular weight is 227 g/mol. The summed E-state index contributed by atoms with van der Waals surface area (Å²) >= 11 is 0. The summed E-state index contributed by atoms with van der Waals surface area (Å²) < 4.78 is 0. The van der Waals surface area contributed by atoms with Crippen LogP contribution in [0.5, 0.6) is 0 Å². The predicted octanol–water partition coefficient (Wildman–Crippen LogP) is 1.91. The number of Topliss-reactive ketones (excluding diaryl/α,β-unsaturated/α-hetero) is 1. The van der Waals surface area contributed by atoms with Crippen LogP contribution in [0.25, 0.3) is 0 Å². The lowest BCUT2D eigenvalue weighted by Crippen LogP contribution is -2.42. The lowest BCUT2D eigenvalue weighted by Gasteiger charge is -2.33. The van der Waals surface area contributed by atoms with Crippen LogP contribution in [0.2, 0.25) is 0 Å². The van der Waals surface area contributed by atoms with E-state index in [0.29, 0.717) is 6.42 Å². The normalized spacial score (nSPS) is 26.2. The van der Waals surface area contributed by atoms with E-state index in [2.05, 4.69) is 0 Å². The Balaban J connectivity index is 2.82. The fourth-order valence-electron chi connectivity index (χ4n) is 2.40. The van der Waals surface area contributed by atoms with Gasteiger partial charge in [-0.3, -0.25) is 14.8 Å². The highest BCUT2D eigenvalue weighted by atomic mass is 16.5. The Morgan fingerprint density at radius 1 is 1.12 bits per heavy atom. The molecular weight excluding hydrogens is 206 g/mol. The van der Waals surface area contributed by atoms with Crippen molar-refractivity contribution in [2.75, 3.05) is 0 Å². The van der Waals surface area contributed by atoms with Gasteiger partial charge in [0, 0.05) is 17.3 Å². The van der Waals surface area contributed by atoms with E-state index < -0.39 is 11.3 Å². The monoisotopic (exact) mass is 227 g/mol. The second-order valence-electron chi connectivity index (χ2n) is 5.59. The first kappa shape index (κ1) is 13.2. The number of carbonyl (C=O) groups is 2. The number of hydroxylamine groups is 1. The highest BCUT2D eigenvalue weighted by Crippen LogP contribution is 2.35. The Morgan fingerprint density at radius 2 is 1.62 bits per heavy atom. The van der Waals surface area contributed by atoms with Gasteiger partial charge in [0.25, 0.3) is 0 Å². The number of rotatable bonds is 2. The van der Waals surface area contributed by atoms with Crippen molar-refractivity contribution in [3.8, 4) is 0 Å². The fourth-order valence-corrected chi connectivity index (χ4v) is 2.40. The molecule has 1 aliphatic rings. The summed E-state index contributed by atoms with van der Waals surface area (Å²) in [7, 11) is 0. The molecule has 0 aromatic heterocycles. The predicted molar refractivity (Wildman–Crippen MR) is 59.8 cm³/mol. The molecule has 0 spiro atoms. The van der Waals surface area contributed by atoms with Crippen molar-refractivity contribution >= 4 is 11.7 Å². The van der Waals surface area contributed by atoms with Crippen molar-refractivity contribution in [3.05, 3.63) is 0 Å². The zero-order valence-corrected chi connectivity index (χ0v) is 10.2. The Bertz CT molecular complexity index is 280. The first-order valence-corrected chi connectivity index (χ1v) is 5.86. The molecule has 0 radical (unpaired) electrons. The molecule has 4 heteroatoms. The van der Waals surface area contributed by atoms with Crippen molar-refractivity contribution in [2.45, 2.75) is 46.5 Å². The minimum Gasteiger partial charge on any atom is -0.299 e. The zero-order chi connectivity index (χ0) is 12.3. The Morgan fingerprint density at radius 3 is 2.06 bits per heavy atom. The number of nitrogens with one attached hydrogen (secondary N) is 1. The maximum absolute atomic E-state index is 12.2. The van der Waals surface area contributed by atoms with E-state index in [4.69, 9.17) is 5.21 Å². The topological polar surface area (TPSA) is 66.4 Å². The molecule has 0 aromatic carbocycles. The molecule has 0 aliphatic heterocycles. The molecule has 0 saturated heterocycles. The van der Waals surface area contributed by atoms with Gasteiger partial charge in [-0.25, -0.2) is 5.48 Å². The molecule has 2 N–H and O–H groups in total. The van der Waals surface area contributed by atoms with Crippen LogP contribution in [-0.4, -0.2) is 16.9 Å². The third kappa shape index (κ3) is 2.82. The van der Waals surface area contributed by atoms with E-state index in [-0.39, 0.29) is 17.6 Å². The van der Waals surface area contributed by atoms with Gasteiger partial charge in [-0.15, -0.1) is 0 Å². The Kier molecular flexibility index (Phi) is 4.08. The molecule has 1 aliphatic carbocycles. The molecule has 0 bridgehead atoms. The largest absolute Gasteiger partial charge is 0.299 e. The number of hydrogen-bond donors (Lipinski definition) is 2. The van der Waals surface area contributed by atoms with Gasteiger partial charge in [0.2, 0.25) is 5.91 Å². The highest BCUT2D eigenvalue weighted by Gasteiger charge is 2.39. The average Bonchev–Trinajstić information content (AvgIpc) is 2.25. The minimum absolute atomic E-state index is 0.126. The van der Waals surface area contributed by atoms with Crippen molar-refractivity contribution in [1.29, 1.82) is 0 Å². The first-order valence-electron chi connectivity index (χ1n) is 5.86. The van der Waals surface area contributed by atoms with Crippen LogP contribution in [0.4, 0.5) is 0 Å². The van der Waals surface area contributed by atoms with Crippen LogP contribution in [0.3, 0.4) is 0 Å². The van der Waals surface area contributed by atoms with Crippen LogP contribution in [0.15, 0.2) is 0 Å². The molecule has 0 aromatic rings. The molecule has 1 rings (SSSR count). The quantitative estimate of drug-likeness (QED) is 0.559. The van der Waals surface area contributed by atoms with Crippen LogP contribution < -0.4 is 5.48 Å². The Labute approximate surface area is 96.4 Å². The molecule has 1 saturated carbocycles. The molecule has 1 fully saturated rings. The zero-order valence-electron chi connectivity index (χ0n) is 10.2. The van der Waals surface area contributed by atoms with E-state index in [9.17, 15) is 9.59 Å². The molecule has 2 unspecified atom stereocenters. The summed E-state index contributed by atoms with van der Waals surface area (Å²) in [6.45, 7) is 5.62. The number of amides is 1. The standard InChI is InChI=1S/C12H21NO3/c1-12(2,3)10(14)8-6-4-5-7-9(8)11(15)13-16/h8-9,16H,4-7H2,1-3H3,(H,13,15). The van der Waals surface area contributed by atoms with E-state index in [0.717, 1.165) is 19.3 Å². The first-order chi connectivity index (χ1) is 7.38. The highest BCUT2D eigenvalue weighted by molar-refractivity contribution is 5.91. The summed E-state index contributed by atoms with van der Waals surface area (Å²) in [5.74, 6) is -0.880. The Hall–Kier alpha value is -0.900. The summed E-state index contributed by atoms with van der Waals surface area (Å²) in [4.78, 5) is 23.7. The van der Waals surface area contributed by atoms with Gasteiger partial charge in [0.1, 0.15) is 5.78 Å². The molecule has 16 heavy (non-hydrogen) atoms. The third-order valence-corrected chi connectivity index (χ3v) is 3.29. The van der Waals surface area contributed by atoms with Crippen molar-refractivity contribution < 1.29 is 14.8 Å². The molecule has 4 nitrogen and oxygen atoms in total. The summed E-state index contributed by atoms with van der Waals surface area (Å²) in [6.07, 6.45) is 3.39. The van der Waals surface area contributed by atoms with Crippen molar-refractivity contribution in [3.63, 3.8) is 0 Å². The fraction of sp³-hybridized carbons (Fsp3) is 0.833. The third-order valence-electron chi connectivity index (χ3n) is 3.29. The SMILES string of the molecule is CC(C)(C)C(=O)C1CCCCC1C(=O)NO. The molecule has 92 valence electrons. The number of ketones is 1. The van der Waals surface area contributed by atoms with E-state index in [1.54, 1.807) is 5.48 Å². The second kappa shape index (κ2) is 4.95. The van der Waals surface area contributed by atoms with Crippen molar-refractivity contribution in [1.82, 2.24) is 5.48 Å². The second-order valence-corrected chi connectivity index (χ2v) is 5.59. The van der Waals surface area contributed by atoms with Crippen LogP contribution in [-0.2, 0) is 9.59 Å². The molecule has 0 heterocycles. The van der Waals surface area contributed by atoms with Gasteiger partial charge in [0.05, 0.1) is 0 Å². The van der Waals surface area contributed by atoms with Gasteiger partial charge in [-0.05, 0) is 12.8 Å². The maximum atomic E-state index is 12.2. The van der Waals surface area contributed by atoms with Crippen LogP contribution in [0, 0.1) is 17.3 Å². The number of carbonyl (C=O) groups excluding carboxylic acids is 2. The van der Waals surface area contributed by atoms with Gasteiger partial charge < -0.3 is 0 Å². The summed E-state index contributed by atoms with van der Waals surface area (Å²) in [6, 6.07) is 0. The maximum Gasteiger partial charge on any atom is 0.247 e. The van der Waals surface area contributed by atoms with Crippen LogP contribution in [0.1, 0.15) is 46.5 Å². The lowest BCUT2D eigenvalue weighted by molar-refractivity contribution is -0.144. The van der Waals surface area contributed by atoms with E-state index in [1.165, 1.54) is 0 Å². The molecular formula is C12H21NO3. The van der Waals surface area contributed by atoms with E-state index in [1.807, 2.05) is 20.8 Å². The van der Waals surface area contributed by atoms with E-state index >= 15 is 0 Å². The van der Waals surface area contributed by atoms with Gasteiger partial charge in [-0.2, -0.15) is 0 Å². The summed E-state index contributed by atoms with van der Waals surface area (Å²) in [5.41, 5.74) is 1.26. The van der Waals surface area contributed by atoms with Gasteiger partial charge >= 0.3 is 0 Å². The van der Waals surface area contributed by atoms with Crippen LogP contribution >= 0.6 is 0 Å². The lowest BCUT2D eigenvalue weighted by atomic mass is 9.70. The minimum atomic E-state index is -0.421. The van der Waals surface area contributed by atoms with Gasteiger partial charge in [-0.1, -0.05) is 33.6 Å². The molecule has 2 atom stereocenters. The van der Waals surface area contributed by atoms with Crippen molar-refractivity contribution in [2.24, 2.45) is 17.3 Å². The number of hydrogen-bond acceptors (Lipinski definition) is 3. The summed E-state index contributed by atoms with van der Waals surface area (Å²) in [5, 5.41) is 8.68. The van der Waals surface area contributed by atoms with Gasteiger partial charge in [0.15, 0.2) is 0 Å².